The molecule has 0 bridgehead atoms. The van der Waals surface area contributed by atoms with Crippen LogP contribution in [0.2, 0.25) is 0 Å². The molecule has 2 aromatic heterocycles. The molecule has 3 aromatic rings. The molecule has 0 amide bonds. The summed E-state index contributed by atoms with van der Waals surface area (Å²) in [6.45, 7) is 5.05. The number of piperazine rings is 1. The maximum absolute atomic E-state index is 13.0. The molecule has 0 saturated carbocycles. The van der Waals surface area contributed by atoms with E-state index in [0.29, 0.717) is 6.54 Å². The zero-order chi connectivity index (χ0) is 18.1. The van der Waals surface area contributed by atoms with Gasteiger partial charge in [-0.3, -0.25) is 9.30 Å². The van der Waals surface area contributed by atoms with Crippen molar-refractivity contribution >= 4 is 11.5 Å². The monoisotopic (exact) mass is 356 g/mol. The average molecular weight is 356 g/mol. The van der Waals surface area contributed by atoms with Crippen molar-refractivity contribution in [1.82, 2.24) is 24.5 Å². The van der Waals surface area contributed by atoms with Crippen LogP contribution >= 0.6 is 0 Å². The molecule has 26 heavy (non-hydrogen) atoms. The lowest BCUT2D eigenvalue weighted by Crippen LogP contribution is -2.53. The fourth-order valence-electron chi connectivity index (χ4n) is 3.50. The van der Waals surface area contributed by atoms with Crippen molar-refractivity contribution in [2.45, 2.75) is 19.1 Å². The number of anilines is 1. The first-order valence-corrected chi connectivity index (χ1v) is 8.68. The number of halogens is 1. The molecule has 1 aromatic carbocycles. The molecule has 3 heterocycles. The normalized spacial score (nSPS) is 19.8. The van der Waals surface area contributed by atoms with Crippen LogP contribution in [0.4, 0.5) is 10.2 Å². The zero-order valence-electron chi connectivity index (χ0n) is 14.5. The lowest BCUT2D eigenvalue weighted by Gasteiger charge is -2.41. The Morgan fingerprint density at radius 2 is 2.08 bits per heavy atom. The summed E-state index contributed by atoms with van der Waals surface area (Å²) in [5, 5.41) is 18.6. The Morgan fingerprint density at radius 3 is 2.85 bits per heavy atom. The van der Waals surface area contributed by atoms with E-state index < -0.39 is 6.10 Å². The van der Waals surface area contributed by atoms with Crippen molar-refractivity contribution in [2.24, 2.45) is 0 Å². The van der Waals surface area contributed by atoms with Gasteiger partial charge in [0.2, 0.25) is 5.65 Å². The van der Waals surface area contributed by atoms with Crippen molar-refractivity contribution < 1.29 is 9.50 Å². The van der Waals surface area contributed by atoms with Gasteiger partial charge in [0.1, 0.15) is 12.1 Å². The summed E-state index contributed by atoms with van der Waals surface area (Å²) in [5.41, 5.74) is 1.48. The van der Waals surface area contributed by atoms with Crippen LogP contribution in [0.15, 0.2) is 43.0 Å². The van der Waals surface area contributed by atoms with E-state index in [1.807, 2.05) is 10.6 Å². The Bertz CT molecular complexity index is 883. The molecule has 1 N–H and O–H groups in total. The first kappa shape index (κ1) is 16.9. The molecule has 4 rings (SSSR count). The van der Waals surface area contributed by atoms with E-state index >= 15 is 0 Å². The summed E-state index contributed by atoms with van der Waals surface area (Å²) < 4.78 is 14.9. The van der Waals surface area contributed by atoms with Crippen LogP contribution in [-0.4, -0.2) is 61.8 Å². The molecule has 136 valence electrons. The molecule has 7 nitrogen and oxygen atoms in total. The fourth-order valence-corrected chi connectivity index (χ4v) is 3.50. The van der Waals surface area contributed by atoms with Crippen LogP contribution < -0.4 is 4.90 Å². The smallest absolute Gasteiger partial charge is 0.203 e. The van der Waals surface area contributed by atoms with Crippen molar-refractivity contribution in [3.63, 3.8) is 0 Å². The minimum Gasteiger partial charge on any atom is -0.387 e. The molecular formula is C18H21FN6O. The van der Waals surface area contributed by atoms with Crippen LogP contribution in [0, 0.1) is 5.82 Å². The average Bonchev–Trinajstić information content (AvgIpc) is 3.11. The highest BCUT2D eigenvalue weighted by Gasteiger charge is 2.28. The van der Waals surface area contributed by atoms with Crippen molar-refractivity contribution in [3.05, 3.63) is 54.4 Å². The third kappa shape index (κ3) is 3.25. The van der Waals surface area contributed by atoms with Gasteiger partial charge in [0.05, 0.1) is 6.10 Å². The second-order valence-electron chi connectivity index (χ2n) is 6.68. The fraction of sp³-hybridized carbons (Fsp3) is 0.389. The first-order valence-electron chi connectivity index (χ1n) is 8.68. The third-order valence-electron chi connectivity index (χ3n) is 4.87. The Hall–Kier alpha value is -2.58. The van der Waals surface area contributed by atoms with E-state index in [-0.39, 0.29) is 11.9 Å². The van der Waals surface area contributed by atoms with Crippen LogP contribution in [0.25, 0.3) is 5.65 Å². The predicted octanol–water partition coefficient (Wildman–Crippen LogP) is 1.51. The highest BCUT2D eigenvalue weighted by Crippen LogP contribution is 2.23. The van der Waals surface area contributed by atoms with Crippen LogP contribution in [0.5, 0.6) is 0 Å². The number of aliphatic hydroxyl groups excluding tert-OH is 1. The van der Waals surface area contributed by atoms with Gasteiger partial charge in [-0.2, -0.15) is 0 Å². The van der Waals surface area contributed by atoms with Gasteiger partial charge >= 0.3 is 0 Å². The number of fused-ring (bicyclic) bond motifs is 1. The summed E-state index contributed by atoms with van der Waals surface area (Å²) in [5.74, 6) is 0.537. The van der Waals surface area contributed by atoms with Gasteiger partial charge in [-0.05, 0) is 24.6 Å². The molecule has 2 unspecified atom stereocenters. The number of rotatable bonds is 4. The highest BCUT2D eigenvalue weighted by atomic mass is 19.1. The standard InChI is InChI=1S/C18H21FN6O/c1-13-10-23(11-16(26)14-2-4-15(19)5-3-14)8-9-25(13)17-18-22-21-12-24(18)7-6-20-17/h2-7,12-13,16,26H,8-11H2,1H3. The largest absolute Gasteiger partial charge is 0.387 e. The number of β-amino-alcohol motifs (C(OH)–C–C–N with tert-alkyl or cyclic N) is 1. The number of nitrogens with zero attached hydrogens (tertiary/aromatic N) is 6. The molecule has 2 atom stereocenters. The molecular weight excluding hydrogens is 335 g/mol. The number of benzene rings is 1. The Kier molecular flexibility index (Phi) is 4.52. The van der Waals surface area contributed by atoms with E-state index in [9.17, 15) is 9.50 Å². The lowest BCUT2D eigenvalue weighted by atomic mass is 10.1. The van der Waals surface area contributed by atoms with Gasteiger partial charge in [-0.15, -0.1) is 10.2 Å². The first-order chi connectivity index (χ1) is 12.6. The summed E-state index contributed by atoms with van der Waals surface area (Å²) in [4.78, 5) is 8.94. The summed E-state index contributed by atoms with van der Waals surface area (Å²) in [6.07, 6.45) is 4.62. The number of aliphatic hydroxyl groups is 1. The Labute approximate surface area is 150 Å². The molecule has 0 radical (unpaired) electrons. The van der Waals surface area contributed by atoms with Crippen LogP contribution in [0.3, 0.4) is 0 Å². The van der Waals surface area contributed by atoms with Crippen LogP contribution in [0.1, 0.15) is 18.6 Å². The highest BCUT2D eigenvalue weighted by molar-refractivity contribution is 5.63. The van der Waals surface area contributed by atoms with Gasteiger partial charge in [-0.1, -0.05) is 12.1 Å². The number of hydrogen-bond donors (Lipinski definition) is 1. The van der Waals surface area contributed by atoms with Crippen molar-refractivity contribution in [2.75, 3.05) is 31.1 Å². The zero-order valence-corrected chi connectivity index (χ0v) is 14.5. The topological polar surface area (TPSA) is 69.8 Å². The van der Waals surface area contributed by atoms with Gasteiger partial charge in [-0.25, -0.2) is 9.37 Å². The SMILES string of the molecule is CC1CN(CC(O)c2ccc(F)cc2)CCN1c1nccn2cnnc12. The van der Waals surface area contributed by atoms with Crippen molar-refractivity contribution in [1.29, 1.82) is 0 Å². The summed E-state index contributed by atoms with van der Waals surface area (Å²) >= 11 is 0. The quantitative estimate of drug-likeness (QED) is 0.764. The lowest BCUT2D eigenvalue weighted by molar-refractivity contribution is 0.102. The molecule has 1 fully saturated rings. The molecule has 0 spiro atoms. The van der Waals surface area contributed by atoms with E-state index in [1.54, 1.807) is 24.7 Å². The summed E-state index contributed by atoms with van der Waals surface area (Å²) in [6, 6.07) is 6.25. The molecule has 0 aliphatic carbocycles. The van der Waals surface area contributed by atoms with Gasteiger partial charge in [0.25, 0.3) is 0 Å². The minimum atomic E-state index is -0.632. The minimum absolute atomic E-state index is 0.222. The van der Waals surface area contributed by atoms with E-state index in [2.05, 4.69) is 31.9 Å². The van der Waals surface area contributed by atoms with E-state index in [0.717, 1.165) is 36.7 Å². The predicted molar refractivity (Wildman–Crippen MR) is 95.4 cm³/mol. The molecule has 1 aliphatic heterocycles. The van der Waals surface area contributed by atoms with Crippen molar-refractivity contribution in [3.8, 4) is 0 Å². The molecule has 1 saturated heterocycles. The Morgan fingerprint density at radius 1 is 1.27 bits per heavy atom. The van der Waals surface area contributed by atoms with E-state index in [4.69, 9.17) is 0 Å². The second kappa shape index (κ2) is 6.97. The summed E-state index contributed by atoms with van der Waals surface area (Å²) in [7, 11) is 0. The van der Waals surface area contributed by atoms with Crippen LogP contribution in [-0.2, 0) is 0 Å². The number of aromatic nitrogens is 4. The Balaban J connectivity index is 1.43. The maximum atomic E-state index is 13.0. The van der Waals surface area contributed by atoms with Gasteiger partial charge in [0.15, 0.2) is 5.82 Å². The molecule has 8 heteroatoms. The van der Waals surface area contributed by atoms with Gasteiger partial charge in [0, 0.05) is 44.6 Å². The van der Waals surface area contributed by atoms with Gasteiger partial charge < -0.3 is 10.0 Å². The third-order valence-corrected chi connectivity index (χ3v) is 4.87. The number of hydrogen-bond acceptors (Lipinski definition) is 6. The second-order valence-corrected chi connectivity index (χ2v) is 6.68. The molecule has 1 aliphatic rings. The maximum Gasteiger partial charge on any atom is 0.203 e. The van der Waals surface area contributed by atoms with E-state index in [1.165, 1.54) is 12.1 Å².